The van der Waals surface area contributed by atoms with Gasteiger partial charge in [0.1, 0.15) is 12.1 Å². The zero-order valence-electron chi connectivity index (χ0n) is 19.4. The molecule has 0 aromatic heterocycles. The fourth-order valence-electron chi connectivity index (χ4n) is 3.91. The first-order chi connectivity index (χ1) is 16.2. The number of nitrogens with one attached hydrogen (secondary N) is 3. The molecule has 2 rings (SSSR count). The lowest BCUT2D eigenvalue weighted by atomic mass is 9.76. The average Bonchev–Trinajstić information content (AvgIpc) is 3.30. The molecule has 1 heterocycles. The Bertz CT molecular complexity index is 844. The summed E-state index contributed by atoms with van der Waals surface area (Å²) in [4.78, 5) is 40.0. The van der Waals surface area contributed by atoms with Crippen molar-refractivity contribution in [2.75, 3.05) is 12.3 Å². The topological polar surface area (TPSA) is 169 Å². The molecule has 0 aliphatic carbocycles. The summed E-state index contributed by atoms with van der Waals surface area (Å²) in [7, 11) is -1.76. The Labute approximate surface area is 204 Å². The van der Waals surface area contributed by atoms with Crippen molar-refractivity contribution in [3.05, 3.63) is 35.9 Å². The average molecular weight is 491 g/mol. The molecule has 7 N–H and O–H groups in total. The van der Waals surface area contributed by atoms with Crippen molar-refractivity contribution >= 4 is 41.8 Å². The number of nitrogens with two attached hydrogens (primary N) is 1. The van der Waals surface area contributed by atoms with Crippen molar-refractivity contribution in [2.24, 2.45) is 5.73 Å². The van der Waals surface area contributed by atoms with Crippen LogP contribution in [0, 0.1) is 5.41 Å². The largest absolute Gasteiger partial charge is 0.475 e. The standard InChI is InChI=1S/C22H34BN5O5S/c1-2-19(29)26-16(14-15-8-4-3-5-9-15)21(31)28-12-6-10-17(28)20(30)27-18(23(32)33)11-7-13-34-22(24)25/h3-5,8-9,16-18,32-33H,2,6-7,10-14H2,1H3,(H3,24,25)(H,26,29)(H,27,30). The molecule has 34 heavy (non-hydrogen) atoms. The van der Waals surface area contributed by atoms with Crippen molar-refractivity contribution in [1.82, 2.24) is 15.5 Å². The summed E-state index contributed by atoms with van der Waals surface area (Å²) in [5.41, 5.74) is 6.20. The molecule has 0 bridgehead atoms. The lowest BCUT2D eigenvalue weighted by Gasteiger charge is -2.30. The number of hydrogen-bond donors (Lipinski definition) is 6. The van der Waals surface area contributed by atoms with Crippen molar-refractivity contribution in [3.63, 3.8) is 0 Å². The normalized spacial score (nSPS) is 17.0. The van der Waals surface area contributed by atoms with Crippen LogP contribution in [-0.2, 0) is 20.8 Å². The summed E-state index contributed by atoms with van der Waals surface area (Å²) >= 11 is 1.14. The van der Waals surface area contributed by atoms with Crippen LogP contribution in [-0.4, -0.2) is 75.3 Å². The Morgan fingerprint density at radius 2 is 1.97 bits per heavy atom. The predicted molar refractivity (Wildman–Crippen MR) is 133 cm³/mol. The maximum atomic E-state index is 13.4. The molecule has 3 amide bonds. The second-order valence-corrected chi connectivity index (χ2v) is 9.37. The van der Waals surface area contributed by atoms with Gasteiger partial charge in [0, 0.05) is 25.1 Å². The molecule has 3 atom stereocenters. The van der Waals surface area contributed by atoms with Crippen molar-refractivity contribution in [2.45, 2.75) is 63.5 Å². The molecule has 3 unspecified atom stereocenters. The molecule has 0 radical (unpaired) electrons. The van der Waals surface area contributed by atoms with E-state index in [4.69, 9.17) is 11.1 Å². The minimum absolute atomic E-state index is 0.0227. The van der Waals surface area contributed by atoms with Crippen molar-refractivity contribution in [1.29, 1.82) is 5.41 Å². The van der Waals surface area contributed by atoms with Crippen LogP contribution in [0.4, 0.5) is 0 Å². The summed E-state index contributed by atoms with van der Waals surface area (Å²) in [6, 6.07) is 7.80. The number of nitrogens with zero attached hydrogens (tertiary/aromatic N) is 1. The number of likely N-dealkylation sites (tertiary alicyclic amines) is 1. The summed E-state index contributed by atoms with van der Waals surface area (Å²) in [6.07, 6.45) is 2.43. The summed E-state index contributed by atoms with van der Waals surface area (Å²) in [5.74, 6) is -1.43. The Hall–Kier alpha value is -2.57. The van der Waals surface area contributed by atoms with Crippen LogP contribution < -0.4 is 16.4 Å². The second-order valence-electron chi connectivity index (χ2n) is 8.24. The summed E-state index contributed by atoms with van der Waals surface area (Å²) in [5, 5.41) is 32.0. The summed E-state index contributed by atoms with van der Waals surface area (Å²) in [6.45, 7) is 2.09. The quantitative estimate of drug-likeness (QED) is 0.104. The van der Waals surface area contributed by atoms with Gasteiger partial charge in [-0.3, -0.25) is 19.8 Å². The number of rotatable bonds is 12. The lowest BCUT2D eigenvalue weighted by molar-refractivity contribution is -0.141. The molecule has 1 aliphatic heterocycles. The number of benzene rings is 1. The van der Waals surface area contributed by atoms with Crippen molar-refractivity contribution in [3.8, 4) is 0 Å². The Balaban J connectivity index is 2.07. The number of carbonyl (C=O) groups excluding carboxylic acids is 3. The van der Waals surface area contributed by atoms with E-state index >= 15 is 0 Å². The van der Waals surface area contributed by atoms with Crippen LogP contribution in [0.15, 0.2) is 30.3 Å². The van der Waals surface area contributed by atoms with E-state index < -0.39 is 31.1 Å². The van der Waals surface area contributed by atoms with Crippen LogP contribution >= 0.6 is 11.8 Å². The molecular weight excluding hydrogens is 457 g/mol. The maximum absolute atomic E-state index is 13.4. The molecule has 1 fully saturated rings. The second kappa shape index (κ2) is 14.0. The highest BCUT2D eigenvalue weighted by molar-refractivity contribution is 8.13. The minimum atomic E-state index is -1.76. The molecule has 1 saturated heterocycles. The van der Waals surface area contributed by atoms with E-state index in [1.165, 1.54) is 4.90 Å². The van der Waals surface area contributed by atoms with E-state index in [9.17, 15) is 24.4 Å². The lowest BCUT2D eigenvalue weighted by Crippen LogP contribution is -2.56. The molecule has 1 aromatic carbocycles. The fourth-order valence-corrected chi connectivity index (χ4v) is 4.44. The van der Waals surface area contributed by atoms with Gasteiger partial charge in [-0.2, -0.15) is 0 Å². The zero-order valence-corrected chi connectivity index (χ0v) is 20.2. The fraction of sp³-hybridized carbons (Fsp3) is 0.545. The molecule has 1 aliphatic rings. The highest BCUT2D eigenvalue weighted by atomic mass is 32.2. The number of thioether (sulfide) groups is 1. The SMILES string of the molecule is CCC(=O)NC(Cc1ccccc1)C(=O)N1CCCC1C(=O)NC(CCCSC(=N)N)B(O)O. The van der Waals surface area contributed by atoms with Gasteiger partial charge in [0.25, 0.3) is 0 Å². The van der Waals surface area contributed by atoms with E-state index in [-0.39, 0.29) is 29.8 Å². The highest BCUT2D eigenvalue weighted by Gasteiger charge is 2.39. The Kier molecular flexibility index (Phi) is 11.4. The van der Waals surface area contributed by atoms with Gasteiger partial charge in [-0.1, -0.05) is 49.0 Å². The van der Waals surface area contributed by atoms with E-state index in [1.54, 1.807) is 6.92 Å². The van der Waals surface area contributed by atoms with Gasteiger partial charge in [0.15, 0.2) is 5.17 Å². The third kappa shape index (κ3) is 8.66. The zero-order chi connectivity index (χ0) is 25.1. The van der Waals surface area contributed by atoms with E-state index in [0.29, 0.717) is 38.0 Å². The molecular formula is C22H34BN5O5S. The predicted octanol–water partition coefficient (Wildman–Crippen LogP) is 0.0186. The van der Waals surface area contributed by atoms with Crippen LogP contribution in [0.2, 0.25) is 0 Å². The Morgan fingerprint density at radius 1 is 1.26 bits per heavy atom. The number of amidine groups is 1. The highest BCUT2D eigenvalue weighted by Crippen LogP contribution is 2.20. The minimum Gasteiger partial charge on any atom is -0.426 e. The smallest absolute Gasteiger partial charge is 0.426 e. The van der Waals surface area contributed by atoms with Gasteiger partial charge >= 0.3 is 7.12 Å². The third-order valence-corrected chi connectivity index (χ3v) is 6.48. The van der Waals surface area contributed by atoms with E-state index in [0.717, 1.165) is 17.3 Å². The van der Waals surface area contributed by atoms with Crippen LogP contribution in [0.25, 0.3) is 0 Å². The number of carbonyl (C=O) groups is 3. The summed E-state index contributed by atoms with van der Waals surface area (Å²) < 4.78 is 0. The van der Waals surface area contributed by atoms with E-state index in [1.807, 2.05) is 30.3 Å². The monoisotopic (exact) mass is 491 g/mol. The molecule has 1 aromatic rings. The number of amides is 3. The van der Waals surface area contributed by atoms with Gasteiger partial charge in [0.2, 0.25) is 17.7 Å². The van der Waals surface area contributed by atoms with Crippen molar-refractivity contribution < 1.29 is 24.4 Å². The van der Waals surface area contributed by atoms with E-state index in [2.05, 4.69) is 10.6 Å². The first-order valence-corrected chi connectivity index (χ1v) is 12.5. The first-order valence-electron chi connectivity index (χ1n) is 11.5. The first kappa shape index (κ1) is 27.7. The van der Waals surface area contributed by atoms with Crippen LogP contribution in [0.5, 0.6) is 0 Å². The maximum Gasteiger partial charge on any atom is 0.475 e. The molecule has 186 valence electrons. The molecule has 12 heteroatoms. The van der Waals surface area contributed by atoms with Gasteiger partial charge in [-0.25, -0.2) is 0 Å². The third-order valence-electron chi connectivity index (χ3n) is 5.68. The number of hydrogen-bond acceptors (Lipinski definition) is 7. The molecule has 0 spiro atoms. The van der Waals surface area contributed by atoms with Gasteiger partial charge in [0.05, 0.1) is 5.94 Å². The molecule has 10 nitrogen and oxygen atoms in total. The van der Waals surface area contributed by atoms with Gasteiger partial charge in [-0.15, -0.1) is 0 Å². The Morgan fingerprint density at radius 3 is 2.59 bits per heavy atom. The van der Waals surface area contributed by atoms with Crippen LogP contribution in [0.1, 0.15) is 44.6 Å². The molecule has 0 saturated carbocycles. The van der Waals surface area contributed by atoms with Crippen LogP contribution in [0.3, 0.4) is 0 Å². The van der Waals surface area contributed by atoms with Gasteiger partial charge in [-0.05, 0) is 31.2 Å². The van der Waals surface area contributed by atoms with Gasteiger partial charge < -0.3 is 31.3 Å².